The molecule has 0 spiro atoms. The van der Waals surface area contributed by atoms with Crippen LogP contribution in [0.1, 0.15) is 48.3 Å². The number of hydrogen-bond acceptors (Lipinski definition) is 6. The number of fused-ring (bicyclic) bond motifs is 1. The summed E-state index contributed by atoms with van der Waals surface area (Å²) < 4.78 is 16.9. The summed E-state index contributed by atoms with van der Waals surface area (Å²) in [6, 6.07) is 25.7. The number of carbonyl (C=O) groups is 2. The van der Waals surface area contributed by atoms with Gasteiger partial charge in [-0.3, -0.25) is 4.79 Å². The average molecular weight is 508 g/mol. The zero-order chi connectivity index (χ0) is 26.1. The van der Waals surface area contributed by atoms with Gasteiger partial charge in [0.25, 0.3) is 0 Å². The molecule has 0 bridgehead atoms. The van der Waals surface area contributed by atoms with E-state index in [9.17, 15) is 9.59 Å². The molecule has 2 aliphatic heterocycles. The molecule has 0 saturated heterocycles. The molecule has 0 unspecified atom stereocenters. The van der Waals surface area contributed by atoms with Crippen LogP contribution in [0, 0.1) is 0 Å². The number of rotatable bonds is 6. The number of ether oxygens (including phenoxy) is 3. The van der Waals surface area contributed by atoms with Crippen molar-refractivity contribution in [2.24, 2.45) is 0 Å². The van der Waals surface area contributed by atoms with E-state index in [1.807, 2.05) is 73.7 Å². The van der Waals surface area contributed by atoms with E-state index in [-0.39, 0.29) is 25.1 Å². The Kier molecular flexibility index (Phi) is 6.46. The maximum atomic E-state index is 13.8. The van der Waals surface area contributed by atoms with Crippen molar-refractivity contribution in [3.63, 3.8) is 0 Å². The van der Waals surface area contributed by atoms with Gasteiger partial charge in [0.05, 0.1) is 12.2 Å². The van der Waals surface area contributed by atoms with Crippen molar-refractivity contribution < 1.29 is 23.8 Å². The lowest BCUT2D eigenvalue weighted by Gasteiger charge is -2.36. The smallest absolute Gasteiger partial charge is 0.336 e. The molecule has 0 amide bonds. The lowest BCUT2D eigenvalue weighted by molar-refractivity contribution is -0.139. The molecule has 6 heteroatoms. The van der Waals surface area contributed by atoms with Crippen molar-refractivity contribution in [1.29, 1.82) is 0 Å². The van der Waals surface area contributed by atoms with Crippen LogP contribution in [0.5, 0.6) is 11.5 Å². The van der Waals surface area contributed by atoms with Gasteiger partial charge in [-0.1, -0.05) is 66.7 Å². The van der Waals surface area contributed by atoms with Gasteiger partial charge in [-0.25, -0.2) is 4.79 Å². The second kappa shape index (κ2) is 10.2. The minimum absolute atomic E-state index is 0.0392. The summed E-state index contributed by atoms with van der Waals surface area (Å²) in [6.45, 7) is 2.29. The highest BCUT2D eigenvalue weighted by Gasteiger charge is 2.41. The molecule has 192 valence electrons. The van der Waals surface area contributed by atoms with Crippen LogP contribution in [-0.4, -0.2) is 25.2 Å². The van der Waals surface area contributed by atoms with Gasteiger partial charge in [0.15, 0.2) is 17.3 Å². The topological polar surface area (TPSA) is 73.9 Å². The third-order valence-electron chi connectivity index (χ3n) is 7.52. The van der Waals surface area contributed by atoms with Crippen molar-refractivity contribution >= 4 is 11.8 Å². The molecule has 38 heavy (non-hydrogen) atoms. The van der Waals surface area contributed by atoms with Crippen LogP contribution in [0.25, 0.3) is 0 Å². The molecule has 6 rings (SSSR count). The Balaban J connectivity index is 1.34. The second-order valence-corrected chi connectivity index (χ2v) is 9.91. The zero-order valence-corrected chi connectivity index (χ0v) is 21.2. The van der Waals surface area contributed by atoms with Crippen LogP contribution in [0.4, 0.5) is 0 Å². The van der Waals surface area contributed by atoms with E-state index in [1.54, 1.807) is 0 Å². The number of ketones is 1. The van der Waals surface area contributed by atoms with Crippen molar-refractivity contribution in [1.82, 2.24) is 5.32 Å². The summed E-state index contributed by atoms with van der Waals surface area (Å²) in [7, 11) is 0. The fraction of sp³-hybridized carbons (Fsp3) is 0.250. The van der Waals surface area contributed by atoms with Crippen LogP contribution in [0.3, 0.4) is 0 Å². The predicted octanol–water partition coefficient (Wildman–Crippen LogP) is 5.56. The van der Waals surface area contributed by atoms with Crippen molar-refractivity contribution in [3.05, 3.63) is 118 Å². The van der Waals surface area contributed by atoms with Gasteiger partial charge in [-0.2, -0.15) is 0 Å². The van der Waals surface area contributed by atoms with Gasteiger partial charge >= 0.3 is 5.97 Å². The molecule has 6 nitrogen and oxygen atoms in total. The molecule has 3 aromatic rings. The minimum atomic E-state index is -0.547. The number of carbonyl (C=O) groups excluding carboxylic acids is 2. The first-order valence-electron chi connectivity index (χ1n) is 13.0. The van der Waals surface area contributed by atoms with Gasteiger partial charge in [0.1, 0.15) is 0 Å². The number of hydrogen-bond donors (Lipinski definition) is 1. The number of allylic oxidation sites excluding steroid dienone is 3. The summed E-state index contributed by atoms with van der Waals surface area (Å²) >= 11 is 0. The first-order chi connectivity index (χ1) is 18.6. The van der Waals surface area contributed by atoms with Gasteiger partial charge in [0, 0.05) is 35.7 Å². The van der Waals surface area contributed by atoms with Crippen LogP contribution in [0.15, 0.2) is 101 Å². The summed E-state index contributed by atoms with van der Waals surface area (Å²) in [5.41, 5.74) is 5.72. The highest BCUT2D eigenvalue weighted by Crippen LogP contribution is 2.47. The number of benzene rings is 3. The molecule has 1 N–H and O–H groups in total. The Bertz CT molecular complexity index is 1440. The average Bonchev–Trinajstić information content (AvgIpc) is 3.41. The number of nitrogens with one attached hydrogen (secondary N) is 1. The summed E-state index contributed by atoms with van der Waals surface area (Å²) in [5.74, 6) is 0.427. The first-order valence-corrected chi connectivity index (χ1v) is 13.0. The van der Waals surface area contributed by atoms with Crippen molar-refractivity contribution in [2.75, 3.05) is 13.4 Å². The van der Waals surface area contributed by atoms with Gasteiger partial charge < -0.3 is 19.5 Å². The molecule has 3 aliphatic rings. The zero-order valence-electron chi connectivity index (χ0n) is 21.2. The van der Waals surface area contributed by atoms with Crippen molar-refractivity contribution in [2.45, 2.75) is 38.0 Å². The molecule has 3 aromatic carbocycles. The highest BCUT2D eigenvalue weighted by molar-refractivity contribution is 6.04. The molecule has 1 aliphatic carbocycles. The number of Topliss-reactive ketones (excluding diaryl/α,β-unsaturated/α-hetero) is 1. The lowest BCUT2D eigenvalue weighted by atomic mass is 9.71. The minimum Gasteiger partial charge on any atom is -0.462 e. The van der Waals surface area contributed by atoms with E-state index in [0.29, 0.717) is 47.6 Å². The van der Waals surface area contributed by atoms with E-state index in [4.69, 9.17) is 14.2 Å². The predicted molar refractivity (Wildman–Crippen MR) is 143 cm³/mol. The Morgan fingerprint density at radius 2 is 1.66 bits per heavy atom. The normalized spacial score (nSPS) is 20.2. The van der Waals surface area contributed by atoms with E-state index >= 15 is 0 Å². The molecule has 0 saturated carbocycles. The fourth-order valence-electron chi connectivity index (χ4n) is 5.68. The molecule has 0 fully saturated rings. The third-order valence-corrected chi connectivity index (χ3v) is 7.52. The quantitative estimate of drug-likeness (QED) is 0.440. The summed E-state index contributed by atoms with van der Waals surface area (Å²) in [4.78, 5) is 27.3. The number of dihydropyridines is 1. The van der Waals surface area contributed by atoms with Gasteiger partial charge in [-0.05, 0) is 48.1 Å². The Labute approximate surface area is 221 Å². The Morgan fingerprint density at radius 3 is 2.45 bits per heavy atom. The second-order valence-electron chi connectivity index (χ2n) is 9.91. The highest BCUT2D eigenvalue weighted by atomic mass is 16.7. The summed E-state index contributed by atoms with van der Waals surface area (Å²) in [5, 5.41) is 3.42. The van der Waals surface area contributed by atoms with Crippen LogP contribution in [-0.2, 0) is 20.7 Å². The Morgan fingerprint density at radius 1 is 0.921 bits per heavy atom. The maximum Gasteiger partial charge on any atom is 0.336 e. The maximum absolute atomic E-state index is 13.8. The van der Waals surface area contributed by atoms with E-state index in [0.717, 1.165) is 22.4 Å². The van der Waals surface area contributed by atoms with E-state index < -0.39 is 11.9 Å². The molecule has 2 heterocycles. The molecular formula is C32H29NO5. The standard InChI is InChI=1S/C32H29NO5/c1-20-29(32(35)36-15-14-21-8-4-2-5-9-21)30(23-12-13-27-28(18-23)38-19-37-27)31-25(33-20)16-24(17-26(31)34)22-10-6-3-7-11-22/h2-13,18,24,30,33H,14-17,19H2,1H3/t24-,30+/m1/s1. The SMILES string of the molecule is CC1=C(C(=O)OCCc2ccccc2)[C@H](c2ccc3c(c2)OCO3)C2=C(C[C@@H](c3ccccc3)CC2=O)N1. The summed E-state index contributed by atoms with van der Waals surface area (Å²) in [6.07, 6.45) is 1.70. The fourth-order valence-corrected chi connectivity index (χ4v) is 5.68. The van der Waals surface area contributed by atoms with Gasteiger partial charge in [-0.15, -0.1) is 0 Å². The van der Waals surface area contributed by atoms with Gasteiger partial charge in [0.2, 0.25) is 6.79 Å². The lowest BCUT2D eigenvalue weighted by Crippen LogP contribution is -2.36. The molecule has 0 aromatic heterocycles. The molecular weight excluding hydrogens is 478 g/mol. The van der Waals surface area contributed by atoms with Crippen LogP contribution in [0.2, 0.25) is 0 Å². The monoisotopic (exact) mass is 507 g/mol. The Hall–Kier alpha value is -4.32. The number of esters is 1. The molecule has 2 atom stereocenters. The largest absolute Gasteiger partial charge is 0.462 e. The molecule has 0 radical (unpaired) electrons. The van der Waals surface area contributed by atoms with Crippen LogP contribution >= 0.6 is 0 Å². The van der Waals surface area contributed by atoms with E-state index in [2.05, 4.69) is 17.4 Å². The third kappa shape index (κ3) is 4.58. The van der Waals surface area contributed by atoms with Crippen LogP contribution < -0.4 is 14.8 Å². The first kappa shape index (κ1) is 24.0. The van der Waals surface area contributed by atoms with E-state index in [1.165, 1.54) is 0 Å². The van der Waals surface area contributed by atoms with Crippen molar-refractivity contribution in [3.8, 4) is 11.5 Å².